The van der Waals surface area contributed by atoms with E-state index in [4.69, 9.17) is 4.74 Å². The van der Waals surface area contributed by atoms with Gasteiger partial charge in [-0.3, -0.25) is 14.6 Å². The maximum atomic E-state index is 13.3. The van der Waals surface area contributed by atoms with Crippen molar-refractivity contribution in [2.45, 2.75) is 39.2 Å². The van der Waals surface area contributed by atoms with Crippen LogP contribution in [-0.4, -0.2) is 40.8 Å². The molecule has 7 heteroatoms. The SMILES string of the molecule is CCOC(=O)C1=C(C)N(Cc2cccc(C(=O)NCCc3ccccn3)c2)C(=O)CC1c1ccccc1. The van der Waals surface area contributed by atoms with Crippen LogP contribution >= 0.6 is 0 Å². The van der Waals surface area contributed by atoms with Crippen molar-refractivity contribution in [3.8, 4) is 0 Å². The maximum absolute atomic E-state index is 13.3. The Morgan fingerprint density at radius 1 is 1.05 bits per heavy atom. The number of carbonyl (C=O) groups excluding carboxylic acids is 3. The van der Waals surface area contributed by atoms with Crippen LogP contribution in [0, 0.1) is 0 Å². The molecule has 2 amide bonds. The van der Waals surface area contributed by atoms with Gasteiger partial charge in [-0.25, -0.2) is 4.79 Å². The minimum absolute atomic E-state index is 0.0791. The standard InChI is InChI=1S/C30H31N3O4/c1-3-37-30(36)28-21(2)33(27(34)19-26(28)23-11-5-4-6-12-23)20-22-10-9-13-24(18-22)29(35)32-17-15-25-14-7-8-16-31-25/h4-14,16,18,26H,3,15,17,19-20H2,1-2H3,(H,32,35). The molecule has 1 N–H and O–H groups in total. The molecule has 7 nitrogen and oxygen atoms in total. The summed E-state index contributed by atoms with van der Waals surface area (Å²) in [5.74, 6) is -1.04. The highest BCUT2D eigenvalue weighted by atomic mass is 16.5. The van der Waals surface area contributed by atoms with Crippen LogP contribution < -0.4 is 5.32 Å². The number of ether oxygens (including phenoxy) is 1. The molecule has 0 saturated heterocycles. The van der Waals surface area contributed by atoms with Crippen LogP contribution in [0.5, 0.6) is 0 Å². The van der Waals surface area contributed by atoms with E-state index in [1.807, 2.05) is 54.6 Å². The Labute approximate surface area is 217 Å². The van der Waals surface area contributed by atoms with Gasteiger partial charge < -0.3 is 15.0 Å². The zero-order chi connectivity index (χ0) is 26.2. The average molecular weight is 498 g/mol. The fraction of sp³-hybridized carbons (Fsp3) is 0.267. The third kappa shape index (κ3) is 6.30. The number of carbonyl (C=O) groups is 3. The number of pyridine rings is 1. The van der Waals surface area contributed by atoms with Crippen molar-refractivity contribution in [1.29, 1.82) is 0 Å². The molecule has 1 aromatic heterocycles. The van der Waals surface area contributed by atoms with E-state index >= 15 is 0 Å². The smallest absolute Gasteiger partial charge is 0.336 e. The number of hydrogen-bond donors (Lipinski definition) is 1. The molecule has 1 aliphatic heterocycles. The van der Waals surface area contributed by atoms with Gasteiger partial charge in [0.15, 0.2) is 0 Å². The highest BCUT2D eigenvalue weighted by molar-refractivity contribution is 5.96. The molecule has 2 aromatic carbocycles. The van der Waals surface area contributed by atoms with Crippen molar-refractivity contribution < 1.29 is 19.1 Å². The zero-order valence-corrected chi connectivity index (χ0v) is 21.1. The number of aromatic nitrogens is 1. The molecule has 1 unspecified atom stereocenters. The third-order valence-corrected chi connectivity index (χ3v) is 6.44. The van der Waals surface area contributed by atoms with Gasteiger partial charge in [0.1, 0.15) is 0 Å². The van der Waals surface area contributed by atoms with E-state index in [2.05, 4.69) is 10.3 Å². The van der Waals surface area contributed by atoms with Gasteiger partial charge in [-0.15, -0.1) is 0 Å². The van der Waals surface area contributed by atoms with Gasteiger partial charge in [-0.1, -0.05) is 48.5 Å². The molecule has 0 saturated carbocycles. The molecule has 1 atom stereocenters. The van der Waals surface area contributed by atoms with Gasteiger partial charge in [0.2, 0.25) is 5.91 Å². The number of rotatable bonds is 9. The molecule has 2 heterocycles. The summed E-state index contributed by atoms with van der Waals surface area (Å²) in [6.07, 6.45) is 2.54. The lowest BCUT2D eigenvalue weighted by molar-refractivity contribution is -0.140. The predicted octanol–water partition coefficient (Wildman–Crippen LogP) is 4.41. The van der Waals surface area contributed by atoms with E-state index in [0.717, 1.165) is 16.8 Å². The summed E-state index contributed by atoms with van der Waals surface area (Å²) >= 11 is 0. The highest BCUT2D eigenvalue weighted by Crippen LogP contribution is 2.37. The van der Waals surface area contributed by atoms with Crippen LogP contribution in [0.2, 0.25) is 0 Å². The first kappa shape index (κ1) is 25.8. The van der Waals surface area contributed by atoms with Crippen molar-refractivity contribution >= 4 is 17.8 Å². The van der Waals surface area contributed by atoms with Crippen molar-refractivity contribution in [2.24, 2.45) is 0 Å². The number of allylic oxidation sites excluding steroid dienone is 1. The Bertz CT molecular complexity index is 1290. The second-order valence-electron chi connectivity index (χ2n) is 8.89. The predicted molar refractivity (Wildman–Crippen MR) is 140 cm³/mol. The van der Waals surface area contributed by atoms with Crippen LogP contribution in [0.1, 0.15) is 53.4 Å². The second kappa shape index (κ2) is 12.1. The molecule has 0 fully saturated rings. The van der Waals surface area contributed by atoms with E-state index in [9.17, 15) is 14.4 Å². The lowest BCUT2D eigenvalue weighted by Crippen LogP contribution is -2.38. The van der Waals surface area contributed by atoms with E-state index < -0.39 is 5.97 Å². The van der Waals surface area contributed by atoms with Crippen molar-refractivity contribution in [1.82, 2.24) is 15.2 Å². The largest absolute Gasteiger partial charge is 0.463 e. The fourth-order valence-corrected chi connectivity index (χ4v) is 4.59. The van der Waals surface area contributed by atoms with Crippen LogP contribution in [-0.2, 0) is 27.3 Å². The third-order valence-electron chi connectivity index (χ3n) is 6.44. The lowest BCUT2D eigenvalue weighted by atomic mass is 9.83. The van der Waals surface area contributed by atoms with Crippen LogP contribution in [0.15, 0.2) is 90.3 Å². The second-order valence-corrected chi connectivity index (χ2v) is 8.89. The van der Waals surface area contributed by atoms with Gasteiger partial charge in [0, 0.05) is 48.5 Å². The minimum atomic E-state index is -0.410. The minimum Gasteiger partial charge on any atom is -0.463 e. The van der Waals surface area contributed by atoms with Gasteiger partial charge in [-0.05, 0) is 49.2 Å². The van der Waals surface area contributed by atoms with Crippen molar-refractivity contribution in [3.05, 3.63) is 113 Å². The van der Waals surface area contributed by atoms with E-state index in [0.29, 0.717) is 29.8 Å². The molecule has 190 valence electrons. The zero-order valence-electron chi connectivity index (χ0n) is 21.1. The van der Waals surface area contributed by atoms with Gasteiger partial charge in [0.05, 0.1) is 18.7 Å². The number of benzene rings is 2. The summed E-state index contributed by atoms with van der Waals surface area (Å²) in [6, 6.07) is 22.5. The summed E-state index contributed by atoms with van der Waals surface area (Å²) in [4.78, 5) is 44.9. The number of esters is 1. The average Bonchev–Trinajstić information content (AvgIpc) is 2.92. The Hall–Kier alpha value is -4.26. The number of nitrogens with zero attached hydrogens (tertiary/aromatic N) is 2. The van der Waals surface area contributed by atoms with E-state index in [1.165, 1.54) is 0 Å². The molecular weight excluding hydrogens is 466 g/mol. The molecular formula is C30H31N3O4. The van der Waals surface area contributed by atoms with Gasteiger partial charge >= 0.3 is 5.97 Å². The Morgan fingerprint density at radius 2 is 1.84 bits per heavy atom. The van der Waals surface area contributed by atoms with Crippen LogP contribution in [0.25, 0.3) is 0 Å². The Balaban J connectivity index is 1.52. The fourth-order valence-electron chi connectivity index (χ4n) is 4.59. The lowest BCUT2D eigenvalue weighted by Gasteiger charge is -2.34. The molecule has 0 radical (unpaired) electrons. The molecule has 4 rings (SSSR count). The van der Waals surface area contributed by atoms with Crippen molar-refractivity contribution in [3.63, 3.8) is 0 Å². The first-order chi connectivity index (χ1) is 18.0. The highest BCUT2D eigenvalue weighted by Gasteiger charge is 2.36. The molecule has 3 aromatic rings. The Morgan fingerprint density at radius 3 is 2.57 bits per heavy atom. The molecule has 37 heavy (non-hydrogen) atoms. The normalized spacial score (nSPS) is 15.5. The quantitative estimate of drug-likeness (QED) is 0.443. The van der Waals surface area contributed by atoms with Gasteiger partial charge in [0.25, 0.3) is 5.91 Å². The summed E-state index contributed by atoms with van der Waals surface area (Å²) < 4.78 is 5.37. The van der Waals surface area contributed by atoms with Gasteiger partial charge in [-0.2, -0.15) is 0 Å². The number of hydrogen-bond acceptors (Lipinski definition) is 5. The topological polar surface area (TPSA) is 88.6 Å². The monoisotopic (exact) mass is 497 g/mol. The van der Waals surface area contributed by atoms with Crippen LogP contribution in [0.4, 0.5) is 0 Å². The maximum Gasteiger partial charge on any atom is 0.336 e. The first-order valence-corrected chi connectivity index (χ1v) is 12.5. The number of amides is 2. The summed E-state index contributed by atoms with van der Waals surface area (Å²) in [5, 5.41) is 2.93. The summed E-state index contributed by atoms with van der Waals surface area (Å²) in [5.41, 5.74) is 4.20. The van der Waals surface area contributed by atoms with E-state index in [-0.39, 0.29) is 37.3 Å². The first-order valence-electron chi connectivity index (χ1n) is 12.5. The Kier molecular flexibility index (Phi) is 8.46. The summed E-state index contributed by atoms with van der Waals surface area (Å²) in [7, 11) is 0. The molecule has 0 aliphatic carbocycles. The summed E-state index contributed by atoms with van der Waals surface area (Å²) in [6.45, 7) is 4.53. The number of nitrogens with one attached hydrogen (secondary N) is 1. The van der Waals surface area contributed by atoms with Crippen LogP contribution in [0.3, 0.4) is 0 Å². The molecule has 0 bridgehead atoms. The van der Waals surface area contributed by atoms with Crippen molar-refractivity contribution in [2.75, 3.05) is 13.2 Å². The van der Waals surface area contributed by atoms with E-state index in [1.54, 1.807) is 43.1 Å². The molecule has 0 spiro atoms. The molecule has 1 aliphatic rings.